The van der Waals surface area contributed by atoms with E-state index in [1.54, 1.807) is 0 Å². The molecule has 1 aliphatic rings. The summed E-state index contributed by atoms with van der Waals surface area (Å²) in [5.74, 6) is 0. The van der Waals surface area contributed by atoms with E-state index in [1.807, 2.05) is 0 Å². The minimum absolute atomic E-state index is 0.106. The average Bonchev–Trinajstić information content (AvgIpc) is 2.55. The Balaban J connectivity index is 2.47. The number of hydrogen-bond donors (Lipinski definition) is 0. The second-order valence-corrected chi connectivity index (χ2v) is 21.8. The van der Waals surface area contributed by atoms with Gasteiger partial charge in [-0.25, -0.2) is 0 Å². The summed E-state index contributed by atoms with van der Waals surface area (Å²) in [5, 5.41) is 0. The van der Waals surface area contributed by atoms with Crippen LogP contribution in [0.25, 0.3) is 0 Å². The van der Waals surface area contributed by atoms with Crippen LogP contribution in [0.3, 0.4) is 0 Å². The van der Waals surface area contributed by atoms with Gasteiger partial charge in [-0.3, -0.25) is 0 Å². The fourth-order valence-electron chi connectivity index (χ4n) is 1.39. The summed E-state index contributed by atoms with van der Waals surface area (Å²) in [5.41, 5.74) is 0. The van der Waals surface area contributed by atoms with Gasteiger partial charge in [-0.2, -0.15) is 0 Å². The molecule has 0 amide bonds. The van der Waals surface area contributed by atoms with E-state index in [0.717, 1.165) is 0 Å². The van der Waals surface area contributed by atoms with Crippen LogP contribution in [0.15, 0.2) is 0 Å². The Hall–Kier alpha value is 1.60. The molecule has 3 atom stereocenters. The third-order valence-electron chi connectivity index (χ3n) is 2.16. The van der Waals surface area contributed by atoms with Crippen molar-refractivity contribution in [2.75, 3.05) is 0 Å². The van der Waals surface area contributed by atoms with Gasteiger partial charge in [0.25, 0.3) is 0 Å². The predicted octanol–water partition coefficient (Wildman–Crippen LogP) is -0.965. The molecule has 1 radical (unpaired) electrons. The molecule has 3 nitrogen and oxygen atoms in total. The summed E-state index contributed by atoms with van der Waals surface area (Å²) in [4.78, 5) is 0. The van der Waals surface area contributed by atoms with Gasteiger partial charge in [0.2, 0.25) is 0 Å². The third-order valence-corrected chi connectivity index (χ3v) is 30.8. The van der Waals surface area contributed by atoms with Crippen molar-refractivity contribution in [2.24, 2.45) is 0 Å². The van der Waals surface area contributed by atoms with Crippen molar-refractivity contribution in [1.29, 1.82) is 0 Å². The average molecular weight is 247 g/mol. The molecule has 0 bridgehead atoms. The van der Waals surface area contributed by atoms with Crippen molar-refractivity contribution in [1.82, 2.24) is 0 Å². The van der Waals surface area contributed by atoms with Gasteiger partial charge in [0.1, 0.15) is 0 Å². The van der Waals surface area contributed by atoms with Crippen molar-refractivity contribution in [3.63, 3.8) is 0 Å². The Bertz CT molecular complexity index is 137. The molecule has 3 unspecified atom stereocenters. The fourth-order valence-corrected chi connectivity index (χ4v) is 34.9. The standard InChI is InChI=1S/C4H13O3Si3.2Al/c1-3-8(5)10(7)9(6)4-2;;/h8-10H,3-4H2,1-2H3;;/q-3;+2;+3. The molecule has 63 valence electrons. The second-order valence-electron chi connectivity index (χ2n) is 2.86. The molecule has 8 heteroatoms. The predicted molar refractivity (Wildman–Crippen MR) is 57.2 cm³/mol. The first kappa shape index (κ1) is 11.7. The summed E-state index contributed by atoms with van der Waals surface area (Å²) >= 11 is 2.32. The van der Waals surface area contributed by atoms with Crippen molar-refractivity contribution < 1.29 is 10.4 Å². The van der Waals surface area contributed by atoms with E-state index in [0.29, 0.717) is 0 Å². The van der Waals surface area contributed by atoms with Gasteiger partial charge in [-0.15, -0.1) is 0 Å². The summed E-state index contributed by atoms with van der Waals surface area (Å²) in [6.07, 6.45) is 0. The zero-order chi connectivity index (χ0) is 8.97. The monoisotopic (exact) mass is 247 g/mol. The van der Waals surface area contributed by atoms with Gasteiger partial charge in [0.05, 0.1) is 0 Å². The fraction of sp³-hybridized carbons (Fsp3) is 1.00. The van der Waals surface area contributed by atoms with Crippen LogP contribution in [0, 0.1) is 0 Å². The molecule has 0 aromatic carbocycles. The van der Waals surface area contributed by atoms with E-state index in [4.69, 9.17) is 10.4 Å². The van der Waals surface area contributed by atoms with Gasteiger partial charge < -0.3 is 0 Å². The van der Waals surface area contributed by atoms with Gasteiger partial charge in [-0.05, 0) is 0 Å². The summed E-state index contributed by atoms with van der Waals surface area (Å²) in [6.45, 7) is 4.45. The normalized spacial score (nSPS) is 30.8. The zero-order valence-corrected chi connectivity index (χ0v) is 13.3. The second kappa shape index (κ2) is 6.15. The van der Waals surface area contributed by atoms with Crippen LogP contribution in [0.5, 0.6) is 0 Å². The molecule has 1 rings (SSSR count). The molecule has 0 aromatic heterocycles. The molecular formula is C4H13Al2O3Si3+2. The van der Waals surface area contributed by atoms with Gasteiger partial charge in [0.15, 0.2) is 0 Å². The zero-order valence-electron chi connectivity index (χ0n) is 7.53. The van der Waals surface area contributed by atoms with Crippen molar-refractivity contribution in [3.05, 3.63) is 0 Å². The van der Waals surface area contributed by atoms with E-state index >= 15 is 0 Å². The Morgan fingerprint density at radius 3 is 2.75 bits per heavy atom. The van der Waals surface area contributed by atoms with Crippen LogP contribution in [-0.4, -0.2) is 57.7 Å². The quantitative estimate of drug-likeness (QED) is 0.599. The van der Waals surface area contributed by atoms with Gasteiger partial charge in [0, 0.05) is 0 Å². The van der Waals surface area contributed by atoms with Crippen LogP contribution in [0.1, 0.15) is 13.8 Å². The molecule has 1 saturated heterocycles. The Morgan fingerprint density at radius 2 is 2.25 bits per heavy atom. The summed E-state index contributed by atoms with van der Waals surface area (Å²) in [6, 6.07) is 2.44. The molecule has 1 fully saturated rings. The third kappa shape index (κ3) is 2.79. The molecule has 1 heterocycles. The topological polar surface area (TPSA) is 27.7 Å². The Labute approximate surface area is 93.7 Å². The molecule has 0 spiro atoms. The molecule has 0 aliphatic carbocycles. The SMILES string of the molecule is CC[SiH]([O][Al+])[SiH]1[O][Al+][O][SiH]1CC. The molecule has 12 heavy (non-hydrogen) atoms. The van der Waals surface area contributed by atoms with Crippen LogP contribution in [0.4, 0.5) is 0 Å². The van der Waals surface area contributed by atoms with Crippen LogP contribution < -0.4 is 0 Å². The number of hydrogen-bond acceptors (Lipinski definition) is 3. The van der Waals surface area contributed by atoms with Crippen LogP contribution in [-0.2, 0) is 10.4 Å². The van der Waals surface area contributed by atoms with Crippen molar-refractivity contribution in [2.45, 2.75) is 25.9 Å². The molecule has 0 N–H and O–H groups in total. The van der Waals surface area contributed by atoms with Gasteiger partial charge in [-0.1, -0.05) is 0 Å². The molecule has 0 saturated carbocycles. The first-order chi connectivity index (χ1) is 5.83. The molecular weight excluding hydrogens is 234 g/mol. The van der Waals surface area contributed by atoms with E-state index in [2.05, 4.69) is 30.5 Å². The summed E-state index contributed by atoms with van der Waals surface area (Å²) < 4.78 is 17.0. The molecule has 1 aliphatic heterocycles. The van der Waals surface area contributed by atoms with Crippen LogP contribution >= 0.6 is 0 Å². The van der Waals surface area contributed by atoms with E-state index < -0.39 is 25.2 Å². The Morgan fingerprint density at radius 1 is 1.50 bits per heavy atom. The summed E-state index contributed by atoms with van der Waals surface area (Å²) in [7, 11) is -2.84. The first-order valence-corrected chi connectivity index (χ1v) is 14.1. The Kier molecular flexibility index (Phi) is 5.98. The van der Waals surface area contributed by atoms with Crippen molar-refractivity contribution in [3.8, 4) is 0 Å². The first-order valence-electron chi connectivity index (χ1n) is 4.31. The van der Waals surface area contributed by atoms with Crippen LogP contribution in [0.2, 0.25) is 12.1 Å². The maximum absolute atomic E-state index is 5.79. The maximum atomic E-state index is 5.79. The minimum atomic E-state index is -0.983. The van der Waals surface area contributed by atoms with E-state index in [-0.39, 0.29) is 15.9 Å². The van der Waals surface area contributed by atoms with Gasteiger partial charge >= 0.3 is 94.1 Å². The van der Waals surface area contributed by atoms with E-state index in [9.17, 15) is 0 Å². The van der Waals surface area contributed by atoms with E-state index in [1.165, 1.54) is 12.1 Å². The number of rotatable bonds is 4. The molecule has 0 aromatic rings. The van der Waals surface area contributed by atoms with Crippen molar-refractivity contribution >= 4 is 57.7 Å².